The molecule has 22 heavy (non-hydrogen) atoms. The normalized spacial score (nSPS) is 17.5. The van der Waals surface area contributed by atoms with Crippen LogP contribution in [0.2, 0.25) is 0 Å². The summed E-state index contributed by atoms with van der Waals surface area (Å²) in [5.41, 5.74) is 0.715. The molecule has 3 rings (SSSR count). The van der Waals surface area contributed by atoms with Gasteiger partial charge in [-0.25, -0.2) is 0 Å². The first-order chi connectivity index (χ1) is 10.7. The summed E-state index contributed by atoms with van der Waals surface area (Å²) in [7, 11) is 0. The Morgan fingerprint density at radius 1 is 0.818 bits per heavy atom. The topological polar surface area (TPSA) is 38.7 Å². The second kappa shape index (κ2) is 6.22. The summed E-state index contributed by atoms with van der Waals surface area (Å²) in [4.78, 5) is 0. The molecular weight excluding hydrogens is 276 g/mol. The van der Waals surface area contributed by atoms with Gasteiger partial charge in [0.15, 0.2) is 17.6 Å². The molecule has 0 saturated carbocycles. The zero-order valence-corrected chi connectivity index (χ0v) is 12.0. The van der Waals surface area contributed by atoms with Gasteiger partial charge in [0.25, 0.3) is 0 Å². The zero-order chi connectivity index (χ0) is 15.4. The molecule has 3 heteroatoms. The molecule has 0 spiro atoms. The van der Waals surface area contributed by atoms with Gasteiger partial charge >= 0.3 is 0 Å². The predicted molar refractivity (Wildman–Crippen MR) is 85.9 cm³/mol. The maximum atomic E-state index is 10.1. The van der Waals surface area contributed by atoms with E-state index in [1.54, 1.807) is 12.2 Å². The first-order valence-electron chi connectivity index (χ1n) is 6.98. The lowest BCUT2D eigenvalue weighted by molar-refractivity contribution is 0.198. The zero-order valence-electron chi connectivity index (χ0n) is 12.0. The van der Waals surface area contributed by atoms with Gasteiger partial charge in [0, 0.05) is 0 Å². The van der Waals surface area contributed by atoms with Crippen molar-refractivity contribution in [2.45, 2.75) is 6.10 Å². The van der Waals surface area contributed by atoms with Crippen molar-refractivity contribution in [2.75, 3.05) is 0 Å². The number of benzene rings is 2. The van der Waals surface area contributed by atoms with Crippen LogP contribution in [-0.4, -0.2) is 11.2 Å². The second-order valence-electron chi connectivity index (χ2n) is 4.88. The summed E-state index contributed by atoms with van der Waals surface area (Å²) >= 11 is 0. The van der Waals surface area contributed by atoms with E-state index in [1.807, 2.05) is 60.7 Å². The Morgan fingerprint density at radius 2 is 1.41 bits per heavy atom. The Hall–Kier alpha value is -2.94. The summed E-state index contributed by atoms with van der Waals surface area (Å²) < 4.78 is 11.7. The van der Waals surface area contributed by atoms with E-state index < -0.39 is 6.10 Å². The molecular formula is C19H16O3. The third kappa shape index (κ3) is 3.04. The molecule has 2 aromatic rings. The SMILES string of the molecule is C=C1C=CC(O)=C(Oc2ccccc2)C1Oc1ccccc1. The van der Waals surface area contributed by atoms with Crippen LogP contribution in [0.15, 0.2) is 96.5 Å². The lowest BCUT2D eigenvalue weighted by Crippen LogP contribution is -2.27. The molecule has 0 bridgehead atoms. The minimum Gasteiger partial charge on any atom is -0.504 e. The number of rotatable bonds is 4. The number of hydrogen-bond donors (Lipinski definition) is 1. The van der Waals surface area contributed by atoms with Gasteiger partial charge in [-0.1, -0.05) is 49.1 Å². The van der Waals surface area contributed by atoms with Gasteiger partial charge < -0.3 is 14.6 Å². The molecule has 0 amide bonds. The highest BCUT2D eigenvalue weighted by Gasteiger charge is 2.27. The third-order valence-corrected chi connectivity index (χ3v) is 3.25. The Labute approximate surface area is 129 Å². The molecule has 1 aliphatic carbocycles. The van der Waals surface area contributed by atoms with E-state index in [-0.39, 0.29) is 5.76 Å². The van der Waals surface area contributed by atoms with E-state index in [4.69, 9.17) is 9.47 Å². The molecule has 0 fully saturated rings. The van der Waals surface area contributed by atoms with Crippen molar-refractivity contribution in [2.24, 2.45) is 0 Å². The van der Waals surface area contributed by atoms with Crippen LogP contribution < -0.4 is 9.47 Å². The molecule has 110 valence electrons. The molecule has 1 unspecified atom stereocenters. The molecule has 0 saturated heterocycles. The standard InChI is InChI=1S/C19H16O3/c1-14-12-13-17(20)19(22-16-10-6-3-7-11-16)18(14)21-15-8-4-2-5-9-15/h2-13,18,20H,1H2. The van der Waals surface area contributed by atoms with E-state index in [0.717, 1.165) is 0 Å². The highest BCUT2D eigenvalue weighted by atomic mass is 16.5. The fraction of sp³-hybridized carbons (Fsp3) is 0.0526. The highest BCUT2D eigenvalue weighted by Crippen LogP contribution is 2.28. The largest absolute Gasteiger partial charge is 0.504 e. The number of ether oxygens (including phenoxy) is 2. The third-order valence-electron chi connectivity index (χ3n) is 3.25. The van der Waals surface area contributed by atoms with Crippen molar-refractivity contribution < 1.29 is 14.6 Å². The number of para-hydroxylation sites is 2. The van der Waals surface area contributed by atoms with Gasteiger partial charge in [0.05, 0.1) is 0 Å². The van der Waals surface area contributed by atoms with Crippen LogP contribution in [0.25, 0.3) is 0 Å². The number of hydrogen-bond acceptors (Lipinski definition) is 3. The first-order valence-corrected chi connectivity index (χ1v) is 6.98. The summed E-state index contributed by atoms with van der Waals surface area (Å²) in [6, 6.07) is 18.7. The van der Waals surface area contributed by atoms with Crippen LogP contribution in [-0.2, 0) is 0 Å². The lowest BCUT2D eigenvalue weighted by atomic mass is 10.0. The molecule has 0 radical (unpaired) electrons. The number of aliphatic hydroxyl groups is 1. The molecule has 3 nitrogen and oxygen atoms in total. The summed E-state index contributed by atoms with van der Waals surface area (Å²) in [5.74, 6) is 1.69. The molecule has 0 heterocycles. The minimum absolute atomic E-state index is 0.0391. The second-order valence-corrected chi connectivity index (χ2v) is 4.88. The van der Waals surface area contributed by atoms with Gasteiger partial charge in [-0.15, -0.1) is 0 Å². The van der Waals surface area contributed by atoms with Gasteiger partial charge in [0.1, 0.15) is 11.5 Å². The van der Waals surface area contributed by atoms with Crippen molar-refractivity contribution in [1.29, 1.82) is 0 Å². The van der Waals surface area contributed by atoms with Crippen LogP contribution in [0.5, 0.6) is 11.5 Å². The van der Waals surface area contributed by atoms with E-state index in [9.17, 15) is 5.11 Å². The minimum atomic E-state index is -0.562. The average molecular weight is 292 g/mol. The molecule has 2 aromatic carbocycles. The predicted octanol–water partition coefficient (Wildman–Crippen LogP) is 4.41. The Bertz CT molecular complexity index is 715. The number of aliphatic hydroxyl groups excluding tert-OH is 1. The Morgan fingerprint density at radius 3 is 2.05 bits per heavy atom. The molecule has 1 N–H and O–H groups in total. The summed E-state index contributed by atoms with van der Waals surface area (Å²) in [5, 5.41) is 10.1. The molecule has 1 aliphatic rings. The van der Waals surface area contributed by atoms with Crippen molar-refractivity contribution in [3.8, 4) is 11.5 Å². The van der Waals surface area contributed by atoms with Crippen molar-refractivity contribution in [3.63, 3.8) is 0 Å². The van der Waals surface area contributed by atoms with Crippen molar-refractivity contribution >= 4 is 0 Å². The first kappa shape index (κ1) is 14.0. The number of allylic oxidation sites excluding steroid dienone is 1. The van der Waals surface area contributed by atoms with Gasteiger partial charge in [-0.2, -0.15) is 0 Å². The summed E-state index contributed by atoms with van der Waals surface area (Å²) in [6.45, 7) is 3.98. The molecule has 0 aliphatic heterocycles. The van der Waals surface area contributed by atoms with E-state index in [1.165, 1.54) is 0 Å². The van der Waals surface area contributed by atoms with E-state index in [0.29, 0.717) is 22.8 Å². The maximum Gasteiger partial charge on any atom is 0.191 e. The van der Waals surface area contributed by atoms with Crippen molar-refractivity contribution in [1.82, 2.24) is 0 Å². The van der Waals surface area contributed by atoms with Gasteiger partial charge in [-0.3, -0.25) is 0 Å². The maximum absolute atomic E-state index is 10.1. The van der Waals surface area contributed by atoms with Crippen LogP contribution in [0, 0.1) is 0 Å². The lowest BCUT2D eigenvalue weighted by Gasteiger charge is -2.25. The Kier molecular flexibility index (Phi) is 3.97. The van der Waals surface area contributed by atoms with Crippen LogP contribution in [0.3, 0.4) is 0 Å². The van der Waals surface area contributed by atoms with Crippen LogP contribution >= 0.6 is 0 Å². The van der Waals surface area contributed by atoms with E-state index in [2.05, 4.69) is 6.58 Å². The molecule has 0 aromatic heterocycles. The van der Waals surface area contributed by atoms with Crippen LogP contribution in [0.1, 0.15) is 0 Å². The van der Waals surface area contributed by atoms with Crippen molar-refractivity contribution in [3.05, 3.63) is 96.5 Å². The van der Waals surface area contributed by atoms with Crippen LogP contribution in [0.4, 0.5) is 0 Å². The quantitative estimate of drug-likeness (QED) is 0.907. The van der Waals surface area contributed by atoms with E-state index >= 15 is 0 Å². The van der Waals surface area contributed by atoms with Gasteiger partial charge in [0.2, 0.25) is 0 Å². The summed E-state index contributed by atoms with van der Waals surface area (Å²) in [6.07, 6.45) is 2.72. The fourth-order valence-electron chi connectivity index (χ4n) is 2.14. The fourth-order valence-corrected chi connectivity index (χ4v) is 2.14. The van der Waals surface area contributed by atoms with Gasteiger partial charge in [-0.05, 0) is 35.9 Å². The highest BCUT2D eigenvalue weighted by molar-refractivity contribution is 5.42. The smallest absolute Gasteiger partial charge is 0.191 e. The average Bonchev–Trinajstić information content (AvgIpc) is 2.56. The monoisotopic (exact) mass is 292 g/mol. The Balaban J connectivity index is 1.89. The molecule has 1 atom stereocenters.